The highest BCUT2D eigenvalue weighted by atomic mass is 32.2. The predicted octanol–water partition coefficient (Wildman–Crippen LogP) is 4.07. The van der Waals surface area contributed by atoms with Gasteiger partial charge in [0.15, 0.2) is 0 Å². The van der Waals surface area contributed by atoms with E-state index in [-0.39, 0.29) is 6.03 Å². The molecule has 0 unspecified atom stereocenters. The van der Waals surface area contributed by atoms with E-state index in [2.05, 4.69) is 10.6 Å². The summed E-state index contributed by atoms with van der Waals surface area (Å²) in [4.78, 5) is 13.2. The minimum Gasteiger partial charge on any atom is -0.497 e. The molecule has 0 aliphatic heterocycles. The summed E-state index contributed by atoms with van der Waals surface area (Å²) >= 11 is 1.62. The minimum absolute atomic E-state index is 0.325. The Morgan fingerprint density at radius 2 is 1.59 bits per heavy atom. The van der Waals surface area contributed by atoms with E-state index in [1.54, 1.807) is 44.2 Å². The lowest BCUT2D eigenvalue weighted by molar-refractivity contribution is 0.262. The second-order valence-corrected chi connectivity index (χ2v) is 5.29. The largest absolute Gasteiger partial charge is 0.497 e. The number of ether oxygens (including phenoxy) is 2. The van der Waals surface area contributed by atoms with E-state index in [0.717, 1.165) is 10.6 Å². The number of amides is 2. The average Bonchev–Trinajstić information content (AvgIpc) is 2.54. The van der Waals surface area contributed by atoms with Crippen LogP contribution in [-0.2, 0) is 0 Å². The summed E-state index contributed by atoms with van der Waals surface area (Å²) in [5.41, 5.74) is 1.33. The lowest BCUT2D eigenvalue weighted by Gasteiger charge is -2.11. The highest BCUT2D eigenvalue weighted by Crippen LogP contribution is 2.26. The summed E-state index contributed by atoms with van der Waals surface area (Å²) in [5.74, 6) is 1.22. The number of anilines is 2. The zero-order chi connectivity index (χ0) is 15.9. The van der Waals surface area contributed by atoms with E-state index < -0.39 is 0 Å². The molecule has 0 aliphatic carbocycles. The molecule has 0 atom stereocenters. The Balaban J connectivity index is 2.08. The second kappa shape index (κ2) is 7.61. The molecule has 22 heavy (non-hydrogen) atoms. The molecule has 2 aromatic carbocycles. The average molecular weight is 318 g/mol. The number of urea groups is 1. The van der Waals surface area contributed by atoms with Crippen molar-refractivity contribution in [2.24, 2.45) is 0 Å². The number of carbonyl (C=O) groups is 1. The second-order valence-electron chi connectivity index (χ2n) is 4.41. The van der Waals surface area contributed by atoms with Crippen LogP contribution < -0.4 is 20.1 Å². The van der Waals surface area contributed by atoms with Crippen molar-refractivity contribution >= 4 is 29.2 Å². The Morgan fingerprint density at radius 3 is 2.18 bits per heavy atom. The summed E-state index contributed by atoms with van der Waals surface area (Å²) in [5, 5.41) is 5.56. The quantitative estimate of drug-likeness (QED) is 0.816. The first-order chi connectivity index (χ1) is 10.6. The van der Waals surface area contributed by atoms with Gasteiger partial charge >= 0.3 is 6.03 Å². The van der Waals surface area contributed by atoms with Crippen LogP contribution in [0.25, 0.3) is 0 Å². The van der Waals surface area contributed by atoms with Gasteiger partial charge in [0.2, 0.25) is 0 Å². The number of nitrogens with one attached hydrogen (secondary N) is 2. The van der Waals surface area contributed by atoms with E-state index in [1.165, 1.54) is 0 Å². The first-order valence-corrected chi connectivity index (χ1v) is 7.82. The molecular weight excluding hydrogens is 300 g/mol. The van der Waals surface area contributed by atoms with Crippen molar-refractivity contribution in [1.82, 2.24) is 0 Å². The molecule has 2 amide bonds. The van der Waals surface area contributed by atoms with Crippen LogP contribution in [0.5, 0.6) is 11.5 Å². The molecule has 0 bridgehead atoms. The molecule has 6 heteroatoms. The van der Waals surface area contributed by atoms with E-state index in [0.29, 0.717) is 17.2 Å². The SMILES string of the molecule is COc1cc(NC(=O)Nc2cccc(SC)c2)cc(OC)c1. The maximum Gasteiger partial charge on any atom is 0.323 e. The maximum atomic E-state index is 12.1. The van der Waals surface area contributed by atoms with Crippen molar-refractivity contribution in [2.45, 2.75) is 4.90 Å². The molecule has 0 spiro atoms. The number of thioether (sulfide) groups is 1. The molecule has 116 valence electrons. The molecule has 0 saturated heterocycles. The molecule has 0 radical (unpaired) electrons. The van der Waals surface area contributed by atoms with Crippen LogP contribution in [-0.4, -0.2) is 26.5 Å². The molecular formula is C16H18N2O3S. The number of carbonyl (C=O) groups excluding carboxylic acids is 1. The van der Waals surface area contributed by atoms with Crippen LogP contribution in [0.1, 0.15) is 0 Å². The van der Waals surface area contributed by atoms with Gasteiger partial charge in [-0.15, -0.1) is 11.8 Å². The number of methoxy groups -OCH3 is 2. The van der Waals surface area contributed by atoms with E-state index in [9.17, 15) is 4.79 Å². The Kier molecular flexibility index (Phi) is 5.55. The van der Waals surface area contributed by atoms with Gasteiger partial charge in [0.05, 0.1) is 14.2 Å². The van der Waals surface area contributed by atoms with Crippen molar-refractivity contribution in [1.29, 1.82) is 0 Å². The number of benzene rings is 2. The highest BCUT2D eigenvalue weighted by Gasteiger charge is 2.06. The topological polar surface area (TPSA) is 59.6 Å². The van der Waals surface area contributed by atoms with Crippen LogP contribution >= 0.6 is 11.8 Å². The standard InChI is InChI=1S/C16H18N2O3S/c1-20-13-7-12(8-14(10-13)21-2)18-16(19)17-11-5-4-6-15(9-11)22-3/h4-10H,1-3H3,(H2,17,18,19). The molecule has 2 aromatic rings. The number of rotatable bonds is 5. The van der Waals surface area contributed by atoms with Crippen LogP contribution in [0, 0.1) is 0 Å². The smallest absolute Gasteiger partial charge is 0.323 e. The van der Waals surface area contributed by atoms with E-state index in [4.69, 9.17) is 9.47 Å². The Morgan fingerprint density at radius 1 is 0.955 bits per heavy atom. The first-order valence-electron chi connectivity index (χ1n) is 6.59. The van der Waals surface area contributed by atoms with Crippen molar-refractivity contribution in [3.8, 4) is 11.5 Å². The van der Waals surface area contributed by atoms with Crippen LogP contribution in [0.4, 0.5) is 16.2 Å². The summed E-state index contributed by atoms with van der Waals surface area (Å²) in [6.45, 7) is 0. The fourth-order valence-electron chi connectivity index (χ4n) is 1.87. The number of hydrogen-bond acceptors (Lipinski definition) is 4. The fourth-order valence-corrected chi connectivity index (χ4v) is 2.33. The summed E-state index contributed by atoms with van der Waals surface area (Å²) < 4.78 is 10.3. The number of hydrogen-bond donors (Lipinski definition) is 2. The first kappa shape index (κ1) is 16.0. The van der Waals surface area contributed by atoms with Crippen molar-refractivity contribution in [3.63, 3.8) is 0 Å². The molecule has 2 rings (SSSR count). The molecule has 0 aliphatic rings. The van der Waals surface area contributed by atoms with Gasteiger partial charge < -0.3 is 20.1 Å². The molecule has 2 N–H and O–H groups in total. The third-order valence-corrected chi connectivity index (χ3v) is 3.66. The molecule has 0 heterocycles. The van der Waals surface area contributed by atoms with Crippen LogP contribution in [0.15, 0.2) is 47.4 Å². The molecule has 5 nitrogen and oxygen atoms in total. The molecule has 0 fully saturated rings. The van der Waals surface area contributed by atoms with Crippen molar-refractivity contribution in [3.05, 3.63) is 42.5 Å². The van der Waals surface area contributed by atoms with Crippen LogP contribution in [0.3, 0.4) is 0 Å². The Labute approximate surface area is 134 Å². The summed E-state index contributed by atoms with van der Waals surface area (Å²) in [7, 11) is 3.12. The van der Waals surface area contributed by atoms with E-state index in [1.807, 2.05) is 30.5 Å². The zero-order valence-corrected chi connectivity index (χ0v) is 13.5. The predicted molar refractivity (Wildman–Crippen MR) is 90.4 cm³/mol. The minimum atomic E-state index is -0.325. The monoisotopic (exact) mass is 318 g/mol. The third-order valence-electron chi connectivity index (χ3n) is 2.94. The lowest BCUT2D eigenvalue weighted by atomic mass is 10.2. The lowest BCUT2D eigenvalue weighted by Crippen LogP contribution is -2.19. The Bertz CT molecular complexity index is 639. The van der Waals surface area contributed by atoms with Gasteiger partial charge in [-0.2, -0.15) is 0 Å². The molecule has 0 saturated carbocycles. The summed E-state index contributed by atoms with van der Waals surface area (Å²) in [6, 6.07) is 12.5. The highest BCUT2D eigenvalue weighted by molar-refractivity contribution is 7.98. The van der Waals surface area contributed by atoms with Crippen molar-refractivity contribution in [2.75, 3.05) is 31.1 Å². The third kappa shape index (κ3) is 4.33. The fraction of sp³-hybridized carbons (Fsp3) is 0.188. The van der Waals surface area contributed by atoms with Gasteiger partial charge in [0.1, 0.15) is 11.5 Å². The Hall–Kier alpha value is -2.34. The normalized spacial score (nSPS) is 9.95. The van der Waals surface area contributed by atoms with E-state index >= 15 is 0 Å². The van der Waals surface area contributed by atoms with Gasteiger partial charge in [0, 0.05) is 34.5 Å². The maximum absolute atomic E-state index is 12.1. The summed E-state index contributed by atoms with van der Waals surface area (Å²) in [6.07, 6.45) is 1.99. The van der Waals surface area contributed by atoms with Gasteiger partial charge in [-0.25, -0.2) is 4.79 Å². The van der Waals surface area contributed by atoms with Gasteiger partial charge in [-0.3, -0.25) is 0 Å². The van der Waals surface area contributed by atoms with Gasteiger partial charge in [-0.05, 0) is 24.5 Å². The van der Waals surface area contributed by atoms with Crippen LogP contribution in [0.2, 0.25) is 0 Å². The zero-order valence-electron chi connectivity index (χ0n) is 12.7. The van der Waals surface area contributed by atoms with Crippen molar-refractivity contribution < 1.29 is 14.3 Å². The molecule has 0 aromatic heterocycles. The van der Waals surface area contributed by atoms with Gasteiger partial charge in [0.25, 0.3) is 0 Å². The van der Waals surface area contributed by atoms with Gasteiger partial charge in [-0.1, -0.05) is 6.07 Å².